The van der Waals surface area contributed by atoms with Gasteiger partial charge in [0.1, 0.15) is 5.75 Å². The van der Waals surface area contributed by atoms with E-state index >= 15 is 0 Å². The van der Waals surface area contributed by atoms with E-state index in [2.05, 4.69) is 228 Å². The Morgan fingerprint density at radius 2 is 1.22 bits per heavy atom. The van der Waals surface area contributed by atoms with Gasteiger partial charge in [0.2, 0.25) is 0 Å². The van der Waals surface area contributed by atoms with Crippen molar-refractivity contribution in [2.24, 2.45) is 0 Å². The molecule has 8 aromatic rings. The van der Waals surface area contributed by atoms with E-state index in [0.717, 1.165) is 39.8 Å². The molecule has 1 atom stereocenters. The largest absolute Gasteiger partial charge is 0.507 e. The average Bonchev–Trinajstić information content (AvgIpc) is 3.77. The zero-order valence-corrected chi connectivity index (χ0v) is 36.6. The first kappa shape index (κ1) is 39.9. The number of hydrogen-bond donors (Lipinski definition) is 1. The Morgan fingerprint density at radius 1 is 0.603 bits per heavy atom. The highest BCUT2D eigenvalue weighted by atomic mass is 16.3. The van der Waals surface area contributed by atoms with Crippen LogP contribution in [-0.2, 0) is 17.3 Å². The van der Waals surface area contributed by atoms with Gasteiger partial charge in [-0.3, -0.25) is 0 Å². The minimum atomic E-state index is -0.648. The summed E-state index contributed by atoms with van der Waals surface area (Å²) in [4.78, 5) is 0. The van der Waals surface area contributed by atoms with Crippen molar-refractivity contribution in [3.05, 3.63) is 268 Å². The highest BCUT2D eigenvalue weighted by Gasteiger charge is 2.48. The summed E-state index contributed by atoms with van der Waals surface area (Å²) in [5.74, 6) is 0.373. The van der Waals surface area contributed by atoms with Crippen molar-refractivity contribution in [1.82, 2.24) is 0 Å². The van der Waals surface area contributed by atoms with Crippen molar-refractivity contribution in [2.45, 2.75) is 50.9 Å². The van der Waals surface area contributed by atoms with E-state index in [1.165, 1.54) is 66.8 Å². The van der Waals surface area contributed by atoms with E-state index < -0.39 is 5.41 Å². The lowest BCUT2D eigenvalue weighted by molar-refractivity contribution is 0.477. The topological polar surface area (TPSA) is 20.2 Å². The number of phenolic OH excluding ortho intramolecular Hbond substituents is 1. The number of aromatic hydroxyl groups is 1. The van der Waals surface area contributed by atoms with E-state index in [4.69, 9.17) is 0 Å². The van der Waals surface area contributed by atoms with Crippen molar-refractivity contribution < 1.29 is 5.11 Å². The maximum Gasteiger partial charge on any atom is 0.123 e. The molecule has 63 heavy (non-hydrogen) atoms. The number of allylic oxidation sites excluding steroid dienone is 4. The zero-order valence-electron chi connectivity index (χ0n) is 36.6. The normalized spacial score (nSPS) is 14.9. The summed E-state index contributed by atoms with van der Waals surface area (Å²) >= 11 is 0. The van der Waals surface area contributed by atoms with Crippen LogP contribution in [0.3, 0.4) is 0 Å². The maximum absolute atomic E-state index is 11.8. The molecule has 0 fully saturated rings. The Bertz CT molecular complexity index is 3030. The van der Waals surface area contributed by atoms with Gasteiger partial charge in [0, 0.05) is 16.9 Å². The highest BCUT2D eigenvalue weighted by molar-refractivity contribution is 5.95. The third-order valence-electron chi connectivity index (χ3n) is 14.2. The van der Waals surface area contributed by atoms with Crippen LogP contribution in [0.2, 0.25) is 0 Å². The lowest BCUT2D eigenvalue weighted by Gasteiger charge is -2.35. The Morgan fingerprint density at radius 3 is 1.89 bits per heavy atom. The molecular formula is C62H52O. The van der Waals surface area contributed by atoms with Crippen molar-refractivity contribution in [3.8, 4) is 39.1 Å². The molecule has 0 aliphatic heterocycles. The number of rotatable bonds is 10. The summed E-state index contributed by atoms with van der Waals surface area (Å²) in [6, 6.07) is 68.3. The van der Waals surface area contributed by atoms with Gasteiger partial charge in [0.05, 0.1) is 5.41 Å². The minimum Gasteiger partial charge on any atom is -0.507 e. The molecule has 2 aliphatic carbocycles. The van der Waals surface area contributed by atoms with Crippen molar-refractivity contribution in [1.29, 1.82) is 0 Å². The average molecular weight is 813 g/mol. The van der Waals surface area contributed by atoms with Crippen LogP contribution < -0.4 is 0 Å². The number of phenols is 1. The fourth-order valence-electron chi connectivity index (χ4n) is 10.6. The summed E-state index contributed by atoms with van der Waals surface area (Å²) < 4.78 is 0. The predicted molar refractivity (Wildman–Crippen MR) is 265 cm³/mol. The second-order valence-corrected chi connectivity index (χ2v) is 17.8. The molecular weight excluding hydrogens is 761 g/mol. The number of benzene rings is 8. The molecule has 0 bridgehead atoms. The second kappa shape index (κ2) is 15.9. The smallest absolute Gasteiger partial charge is 0.123 e. The molecule has 10 rings (SSSR count). The van der Waals surface area contributed by atoms with Crippen molar-refractivity contribution >= 4 is 11.6 Å². The number of hydrogen-bond acceptors (Lipinski definition) is 1. The Hall–Kier alpha value is -7.22. The minimum absolute atomic E-state index is 0.0377. The van der Waals surface area contributed by atoms with E-state index in [-0.39, 0.29) is 11.3 Å². The molecule has 1 nitrogen and oxygen atoms in total. The second-order valence-electron chi connectivity index (χ2n) is 17.8. The SMILES string of the molecule is C=CC(=CC)c1cc(-c2ccccc2)ccc1CC(c1ccc(-c2ccc(O)c3c2C(c2ccccc2)(c2ccccc2)c2ccccc2-3)cc1)c1ccc2c(c1)C(C)(C)C(C)=C2. The van der Waals surface area contributed by atoms with Gasteiger partial charge >= 0.3 is 0 Å². The summed E-state index contributed by atoms with van der Waals surface area (Å²) in [6.07, 6.45) is 7.33. The summed E-state index contributed by atoms with van der Waals surface area (Å²) in [5.41, 5.74) is 20.8. The van der Waals surface area contributed by atoms with Gasteiger partial charge < -0.3 is 5.11 Å². The maximum atomic E-state index is 11.8. The molecule has 306 valence electrons. The fourth-order valence-corrected chi connectivity index (χ4v) is 10.6. The van der Waals surface area contributed by atoms with E-state index in [1.54, 1.807) is 0 Å². The first-order valence-corrected chi connectivity index (χ1v) is 22.2. The van der Waals surface area contributed by atoms with Crippen LogP contribution in [0.25, 0.3) is 45.0 Å². The zero-order chi connectivity index (χ0) is 43.3. The van der Waals surface area contributed by atoms with Crippen molar-refractivity contribution in [3.63, 3.8) is 0 Å². The standard InChI is InChI=1S/C62H52O/c1-6-42(7-2)54-38-46(43-19-11-8-12-20-43)31-32-47(54)39-55(48-33-34-49-37-41(3)61(4,5)57(49)40-48)45-29-27-44(28-30-45)52-35-36-58(63)59-53-25-17-18-26-56(53)62(60(52)59,50-21-13-9-14-22-50)51-23-15-10-16-24-51/h6-38,40,55,63H,1,39H2,2-5H3. The molecule has 2 aliphatic rings. The molecule has 0 spiro atoms. The lowest BCUT2D eigenvalue weighted by Crippen LogP contribution is -2.29. The molecule has 0 saturated heterocycles. The molecule has 0 radical (unpaired) electrons. The highest BCUT2D eigenvalue weighted by Crippen LogP contribution is 2.61. The summed E-state index contributed by atoms with van der Waals surface area (Å²) in [6.45, 7) is 13.3. The third kappa shape index (κ3) is 6.54. The van der Waals surface area contributed by atoms with Gasteiger partial charge in [-0.1, -0.05) is 220 Å². The number of fused-ring (bicyclic) bond motifs is 4. The Labute approximate surface area is 373 Å². The molecule has 0 heterocycles. The summed E-state index contributed by atoms with van der Waals surface area (Å²) in [5, 5.41) is 11.8. The molecule has 8 aromatic carbocycles. The van der Waals surface area contributed by atoms with Crippen LogP contribution in [0.5, 0.6) is 5.75 Å². The van der Waals surface area contributed by atoms with Gasteiger partial charge in [-0.2, -0.15) is 0 Å². The van der Waals surface area contributed by atoms with Crippen LogP contribution in [0, 0.1) is 0 Å². The lowest BCUT2D eigenvalue weighted by atomic mass is 9.66. The third-order valence-corrected chi connectivity index (χ3v) is 14.2. The van der Waals surface area contributed by atoms with Gasteiger partial charge in [0.15, 0.2) is 0 Å². The van der Waals surface area contributed by atoms with Crippen LogP contribution in [0.4, 0.5) is 0 Å². The van der Waals surface area contributed by atoms with Crippen LogP contribution in [-0.4, -0.2) is 5.11 Å². The van der Waals surface area contributed by atoms with E-state index in [1.807, 2.05) is 12.1 Å². The molecule has 1 unspecified atom stereocenters. The Balaban J connectivity index is 1.14. The molecule has 1 heteroatoms. The molecule has 0 aromatic heterocycles. The predicted octanol–water partition coefficient (Wildman–Crippen LogP) is 15.7. The van der Waals surface area contributed by atoms with Gasteiger partial charge in [-0.05, 0) is 121 Å². The Kier molecular flexibility index (Phi) is 10.1. The van der Waals surface area contributed by atoms with Crippen LogP contribution >= 0.6 is 0 Å². The van der Waals surface area contributed by atoms with Gasteiger partial charge in [-0.25, -0.2) is 0 Å². The quantitative estimate of drug-likeness (QED) is 0.136. The van der Waals surface area contributed by atoms with Gasteiger partial charge in [0.25, 0.3) is 0 Å². The van der Waals surface area contributed by atoms with Crippen LogP contribution in [0.15, 0.2) is 212 Å². The molecule has 0 amide bonds. The first-order valence-electron chi connectivity index (χ1n) is 22.2. The monoisotopic (exact) mass is 812 g/mol. The van der Waals surface area contributed by atoms with E-state index in [0.29, 0.717) is 5.75 Å². The van der Waals surface area contributed by atoms with Crippen LogP contribution in [0.1, 0.15) is 89.2 Å². The van der Waals surface area contributed by atoms with Gasteiger partial charge in [-0.15, -0.1) is 0 Å². The van der Waals surface area contributed by atoms with Crippen molar-refractivity contribution in [2.75, 3.05) is 0 Å². The molecule has 0 saturated carbocycles. The summed E-state index contributed by atoms with van der Waals surface area (Å²) in [7, 11) is 0. The fraction of sp³-hybridized carbons (Fsp3) is 0.129. The first-order chi connectivity index (χ1) is 30.7. The van der Waals surface area contributed by atoms with E-state index in [9.17, 15) is 5.11 Å². The molecule has 1 N–H and O–H groups in total.